The highest BCUT2D eigenvalue weighted by molar-refractivity contribution is 5.97. The van der Waals surface area contributed by atoms with E-state index in [-0.39, 0.29) is 18.5 Å². The van der Waals surface area contributed by atoms with Gasteiger partial charge < -0.3 is 21.1 Å². The molecule has 0 fully saturated rings. The van der Waals surface area contributed by atoms with Gasteiger partial charge in [0.15, 0.2) is 0 Å². The van der Waals surface area contributed by atoms with Crippen molar-refractivity contribution in [3.63, 3.8) is 0 Å². The van der Waals surface area contributed by atoms with Crippen LogP contribution in [0.25, 0.3) is 0 Å². The molecule has 0 saturated carbocycles. The lowest BCUT2D eigenvalue weighted by atomic mass is 10.2. The summed E-state index contributed by atoms with van der Waals surface area (Å²) in [5, 5.41) is 26.1. The zero-order chi connectivity index (χ0) is 18.8. The lowest BCUT2D eigenvalue weighted by Gasteiger charge is -2.08. The molecule has 0 bridgehead atoms. The molecule has 0 aliphatic heterocycles. The molecule has 26 heavy (non-hydrogen) atoms. The van der Waals surface area contributed by atoms with Crippen LogP contribution in [-0.2, 0) is 9.59 Å². The summed E-state index contributed by atoms with van der Waals surface area (Å²) in [6.07, 6.45) is 1.09. The number of nitriles is 1. The van der Waals surface area contributed by atoms with Crippen molar-refractivity contribution in [1.82, 2.24) is 5.32 Å². The Morgan fingerprint density at radius 1 is 1.00 bits per heavy atom. The van der Waals surface area contributed by atoms with Crippen molar-refractivity contribution in [1.29, 1.82) is 5.26 Å². The van der Waals surface area contributed by atoms with Crippen LogP contribution in [0.1, 0.15) is 6.42 Å². The summed E-state index contributed by atoms with van der Waals surface area (Å²) < 4.78 is 0. The number of benzene rings is 2. The molecular formula is C19H18N4O3. The van der Waals surface area contributed by atoms with Crippen LogP contribution >= 0.6 is 0 Å². The monoisotopic (exact) mass is 350 g/mol. The molecule has 7 nitrogen and oxygen atoms in total. The van der Waals surface area contributed by atoms with Gasteiger partial charge in [-0.15, -0.1) is 0 Å². The van der Waals surface area contributed by atoms with Crippen LogP contribution in [0.2, 0.25) is 0 Å². The van der Waals surface area contributed by atoms with Crippen molar-refractivity contribution in [2.75, 3.05) is 17.2 Å². The van der Waals surface area contributed by atoms with Gasteiger partial charge in [0.05, 0.1) is 6.42 Å². The van der Waals surface area contributed by atoms with Crippen molar-refractivity contribution in [2.45, 2.75) is 6.42 Å². The molecule has 0 aliphatic carbocycles. The standard InChI is InChI=1S/C19H18N4O3/c20-12-14(19(26)21-11-10-18(24)25)13-22-15-6-8-17(9-7-15)23-16-4-2-1-3-5-16/h1-9,13,22-23H,10-11H2,(H,21,26)(H,24,25)/b14-13-. The van der Waals surface area contributed by atoms with E-state index in [0.29, 0.717) is 5.69 Å². The maximum Gasteiger partial charge on any atom is 0.305 e. The van der Waals surface area contributed by atoms with Crippen LogP contribution < -0.4 is 16.0 Å². The van der Waals surface area contributed by atoms with Crippen LogP contribution in [0.3, 0.4) is 0 Å². The average Bonchev–Trinajstić information content (AvgIpc) is 2.64. The highest BCUT2D eigenvalue weighted by atomic mass is 16.4. The summed E-state index contributed by atoms with van der Waals surface area (Å²) in [5.41, 5.74) is 2.44. The zero-order valence-corrected chi connectivity index (χ0v) is 13.9. The van der Waals surface area contributed by atoms with Gasteiger partial charge >= 0.3 is 5.97 Å². The minimum atomic E-state index is -1.02. The molecular weight excluding hydrogens is 332 g/mol. The number of hydrogen-bond acceptors (Lipinski definition) is 5. The van der Waals surface area contributed by atoms with Gasteiger partial charge in [0.2, 0.25) is 0 Å². The van der Waals surface area contributed by atoms with Gasteiger partial charge in [0.25, 0.3) is 5.91 Å². The Morgan fingerprint density at radius 3 is 2.23 bits per heavy atom. The number of carbonyl (C=O) groups excluding carboxylic acids is 1. The van der Waals surface area contributed by atoms with E-state index in [1.54, 1.807) is 18.2 Å². The number of carboxylic acids is 1. The zero-order valence-electron chi connectivity index (χ0n) is 13.9. The van der Waals surface area contributed by atoms with Gasteiger partial charge in [-0.05, 0) is 36.4 Å². The van der Waals surface area contributed by atoms with E-state index in [9.17, 15) is 9.59 Å². The maximum atomic E-state index is 11.8. The van der Waals surface area contributed by atoms with Crippen molar-refractivity contribution >= 4 is 28.9 Å². The fraction of sp³-hybridized carbons (Fsp3) is 0.105. The van der Waals surface area contributed by atoms with Gasteiger partial charge in [-0.25, -0.2) is 0 Å². The molecule has 0 atom stereocenters. The average molecular weight is 350 g/mol. The number of carboxylic acid groups (broad SMARTS) is 1. The molecule has 7 heteroatoms. The Kier molecular flexibility index (Phi) is 6.77. The first-order valence-corrected chi connectivity index (χ1v) is 7.87. The number of aliphatic carboxylic acids is 1. The summed E-state index contributed by atoms with van der Waals surface area (Å²) in [7, 11) is 0. The maximum absolute atomic E-state index is 11.8. The molecule has 0 aliphatic rings. The number of nitrogens with zero attached hydrogens (tertiary/aromatic N) is 1. The Morgan fingerprint density at radius 2 is 1.62 bits per heavy atom. The summed E-state index contributed by atoms with van der Waals surface area (Å²) >= 11 is 0. The molecule has 1 amide bonds. The largest absolute Gasteiger partial charge is 0.481 e. The topological polar surface area (TPSA) is 114 Å². The fourth-order valence-corrected chi connectivity index (χ4v) is 2.02. The molecule has 2 aromatic rings. The molecule has 0 radical (unpaired) electrons. The normalized spacial score (nSPS) is 10.5. The van der Waals surface area contributed by atoms with E-state index in [2.05, 4.69) is 16.0 Å². The second-order valence-electron chi connectivity index (χ2n) is 5.28. The minimum absolute atomic E-state index is 0.0347. The van der Waals surface area contributed by atoms with Crippen LogP contribution in [0.4, 0.5) is 17.1 Å². The van der Waals surface area contributed by atoms with Crippen molar-refractivity contribution in [3.05, 3.63) is 66.4 Å². The minimum Gasteiger partial charge on any atom is -0.481 e. The summed E-state index contributed by atoms with van der Waals surface area (Å²) in [6, 6.07) is 18.8. The highest BCUT2D eigenvalue weighted by Gasteiger charge is 2.08. The molecule has 0 aromatic heterocycles. The molecule has 4 N–H and O–H groups in total. The third-order valence-electron chi connectivity index (χ3n) is 3.32. The highest BCUT2D eigenvalue weighted by Crippen LogP contribution is 2.18. The van der Waals surface area contributed by atoms with Crippen LogP contribution in [0.15, 0.2) is 66.4 Å². The number of amides is 1. The van der Waals surface area contributed by atoms with E-state index in [4.69, 9.17) is 10.4 Å². The third kappa shape index (κ3) is 6.02. The van der Waals surface area contributed by atoms with E-state index < -0.39 is 11.9 Å². The molecule has 0 unspecified atom stereocenters. The summed E-state index contributed by atoms with van der Waals surface area (Å²) in [6.45, 7) is -0.0347. The van der Waals surface area contributed by atoms with Crippen molar-refractivity contribution in [3.8, 4) is 6.07 Å². The second kappa shape index (κ2) is 9.49. The third-order valence-corrected chi connectivity index (χ3v) is 3.32. The van der Waals surface area contributed by atoms with E-state index in [1.807, 2.05) is 42.5 Å². The molecule has 0 heterocycles. The van der Waals surface area contributed by atoms with Gasteiger partial charge in [-0.1, -0.05) is 18.2 Å². The Labute approximate surface area is 151 Å². The Balaban J connectivity index is 1.92. The smallest absolute Gasteiger partial charge is 0.305 e. The van der Waals surface area contributed by atoms with Gasteiger partial charge in [0.1, 0.15) is 11.6 Å². The van der Waals surface area contributed by atoms with Crippen molar-refractivity contribution < 1.29 is 14.7 Å². The Bertz CT molecular complexity index is 824. The number of para-hydroxylation sites is 1. The number of carbonyl (C=O) groups is 2. The first-order valence-electron chi connectivity index (χ1n) is 7.87. The van der Waals surface area contributed by atoms with E-state index in [1.165, 1.54) is 6.20 Å². The van der Waals surface area contributed by atoms with Gasteiger partial charge in [-0.3, -0.25) is 9.59 Å². The summed E-state index contributed by atoms with van der Waals surface area (Å²) in [5.74, 6) is -1.64. The number of nitrogens with one attached hydrogen (secondary N) is 3. The van der Waals surface area contributed by atoms with Gasteiger partial charge in [-0.2, -0.15) is 5.26 Å². The van der Waals surface area contributed by atoms with E-state index >= 15 is 0 Å². The molecule has 0 spiro atoms. The number of anilines is 3. The first kappa shape index (κ1) is 18.5. The molecule has 0 saturated heterocycles. The van der Waals surface area contributed by atoms with Gasteiger partial charge in [0, 0.05) is 29.8 Å². The number of rotatable bonds is 8. The lowest BCUT2D eigenvalue weighted by molar-refractivity contribution is -0.136. The van der Waals surface area contributed by atoms with Crippen LogP contribution in [-0.4, -0.2) is 23.5 Å². The predicted octanol–water partition coefficient (Wildman–Crippen LogP) is 2.84. The molecule has 2 aromatic carbocycles. The summed E-state index contributed by atoms with van der Waals surface area (Å²) in [4.78, 5) is 22.2. The first-order chi connectivity index (χ1) is 12.6. The van der Waals surface area contributed by atoms with Crippen LogP contribution in [0, 0.1) is 11.3 Å². The predicted molar refractivity (Wildman–Crippen MR) is 98.7 cm³/mol. The lowest BCUT2D eigenvalue weighted by Crippen LogP contribution is -2.27. The van der Waals surface area contributed by atoms with Crippen LogP contribution in [0.5, 0.6) is 0 Å². The molecule has 132 valence electrons. The fourth-order valence-electron chi connectivity index (χ4n) is 2.02. The Hall–Kier alpha value is -3.79. The SMILES string of the molecule is N#C/C(=C/Nc1ccc(Nc2ccccc2)cc1)C(=O)NCCC(=O)O. The quantitative estimate of drug-likeness (QED) is 0.430. The second-order valence-corrected chi connectivity index (χ2v) is 5.28. The van der Waals surface area contributed by atoms with Crippen molar-refractivity contribution in [2.24, 2.45) is 0 Å². The van der Waals surface area contributed by atoms with E-state index in [0.717, 1.165) is 11.4 Å². The number of hydrogen-bond donors (Lipinski definition) is 4. The molecule has 2 rings (SSSR count).